The number of aromatic nitrogens is 1. The molecule has 0 spiro atoms. The lowest BCUT2D eigenvalue weighted by atomic mass is 10.2. The third-order valence-corrected chi connectivity index (χ3v) is 3.48. The quantitative estimate of drug-likeness (QED) is 0.792. The van der Waals surface area contributed by atoms with Crippen LogP contribution in [-0.2, 0) is 6.54 Å². The smallest absolute Gasteiger partial charge is 0.219 e. The molecule has 0 saturated heterocycles. The van der Waals surface area contributed by atoms with Gasteiger partial charge < -0.3 is 10.1 Å². The van der Waals surface area contributed by atoms with E-state index in [0.29, 0.717) is 5.88 Å². The molecule has 0 atom stereocenters. The SMILES string of the molecule is CCCNCc1ccc(Oc2ccc(Br)cc2)nc1C. The van der Waals surface area contributed by atoms with Gasteiger partial charge in [0.15, 0.2) is 0 Å². The third kappa shape index (κ3) is 4.32. The normalized spacial score (nSPS) is 10.6. The van der Waals surface area contributed by atoms with Crippen molar-refractivity contribution >= 4 is 15.9 Å². The minimum Gasteiger partial charge on any atom is -0.439 e. The van der Waals surface area contributed by atoms with Crippen molar-refractivity contribution in [3.8, 4) is 11.6 Å². The summed E-state index contributed by atoms with van der Waals surface area (Å²) in [6.07, 6.45) is 1.14. The van der Waals surface area contributed by atoms with E-state index < -0.39 is 0 Å². The Labute approximate surface area is 128 Å². The average molecular weight is 335 g/mol. The highest BCUT2D eigenvalue weighted by Crippen LogP contribution is 2.22. The highest BCUT2D eigenvalue weighted by atomic mass is 79.9. The second kappa shape index (κ2) is 7.41. The van der Waals surface area contributed by atoms with Gasteiger partial charge in [-0.15, -0.1) is 0 Å². The summed E-state index contributed by atoms with van der Waals surface area (Å²) in [6.45, 7) is 6.05. The molecule has 0 bridgehead atoms. The van der Waals surface area contributed by atoms with E-state index in [-0.39, 0.29) is 0 Å². The van der Waals surface area contributed by atoms with E-state index in [1.54, 1.807) is 0 Å². The van der Waals surface area contributed by atoms with Gasteiger partial charge in [0.2, 0.25) is 5.88 Å². The van der Waals surface area contributed by atoms with Gasteiger partial charge in [-0.25, -0.2) is 4.98 Å². The Hall–Kier alpha value is -1.39. The van der Waals surface area contributed by atoms with Crippen LogP contribution in [0.25, 0.3) is 0 Å². The summed E-state index contributed by atoms with van der Waals surface area (Å²) in [5, 5.41) is 3.38. The molecule has 0 fully saturated rings. The first-order chi connectivity index (χ1) is 9.69. The maximum absolute atomic E-state index is 5.74. The molecule has 0 radical (unpaired) electrons. The third-order valence-electron chi connectivity index (χ3n) is 2.95. The number of pyridine rings is 1. The van der Waals surface area contributed by atoms with Crippen molar-refractivity contribution in [1.82, 2.24) is 10.3 Å². The van der Waals surface area contributed by atoms with Crippen molar-refractivity contribution in [2.75, 3.05) is 6.54 Å². The lowest BCUT2D eigenvalue weighted by Crippen LogP contribution is -2.15. The van der Waals surface area contributed by atoms with E-state index in [4.69, 9.17) is 4.74 Å². The first-order valence-electron chi connectivity index (χ1n) is 6.79. The van der Waals surface area contributed by atoms with Crippen molar-refractivity contribution < 1.29 is 4.74 Å². The van der Waals surface area contributed by atoms with Gasteiger partial charge in [-0.3, -0.25) is 0 Å². The summed E-state index contributed by atoms with van der Waals surface area (Å²) >= 11 is 3.40. The van der Waals surface area contributed by atoms with Gasteiger partial charge in [-0.05, 0) is 49.7 Å². The molecule has 0 aliphatic heterocycles. The molecule has 0 aliphatic carbocycles. The Kier molecular flexibility index (Phi) is 5.56. The largest absolute Gasteiger partial charge is 0.439 e. The fraction of sp³-hybridized carbons (Fsp3) is 0.312. The Bertz CT molecular complexity index is 555. The van der Waals surface area contributed by atoms with Crippen LogP contribution in [0.3, 0.4) is 0 Å². The molecule has 1 N–H and O–H groups in total. The summed E-state index contributed by atoms with van der Waals surface area (Å²) in [4.78, 5) is 4.50. The fourth-order valence-corrected chi connectivity index (χ4v) is 2.10. The standard InChI is InChI=1S/C16H19BrN2O/c1-3-10-18-11-13-4-9-16(19-12(13)2)20-15-7-5-14(17)6-8-15/h4-9,18H,3,10-11H2,1-2H3. The van der Waals surface area contributed by atoms with Gasteiger partial charge in [0.25, 0.3) is 0 Å². The molecular weight excluding hydrogens is 316 g/mol. The van der Waals surface area contributed by atoms with Crippen LogP contribution in [0.2, 0.25) is 0 Å². The summed E-state index contributed by atoms with van der Waals surface area (Å²) in [6, 6.07) is 11.7. The molecule has 0 unspecified atom stereocenters. The first-order valence-corrected chi connectivity index (χ1v) is 7.59. The molecule has 20 heavy (non-hydrogen) atoms. The average Bonchev–Trinajstić information content (AvgIpc) is 2.44. The molecule has 1 aromatic heterocycles. The van der Waals surface area contributed by atoms with Crippen molar-refractivity contribution in [2.45, 2.75) is 26.8 Å². The predicted octanol–water partition coefficient (Wildman–Crippen LogP) is 4.44. The molecular formula is C16H19BrN2O. The van der Waals surface area contributed by atoms with E-state index in [1.165, 1.54) is 5.56 Å². The van der Waals surface area contributed by atoms with Gasteiger partial charge in [-0.1, -0.05) is 28.9 Å². The Balaban J connectivity index is 2.03. The number of hydrogen-bond donors (Lipinski definition) is 1. The summed E-state index contributed by atoms with van der Waals surface area (Å²) in [7, 11) is 0. The second-order valence-electron chi connectivity index (χ2n) is 4.63. The highest BCUT2D eigenvalue weighted by Gasteiger charge is 2.03. The molecule has 2 aromatic rings. The zero-order valence-corrected chi connectivity index (χ0v) is 13.4. The Morgan fingerprint density at radius 2 is 1.90 bits per heavy atom. The van der Waals surface area contributed by atoms with Crippen molar-refractivity contribution in [2.24, 2.45) is 0 Å². The summed E-state index contributed by atoms with van der Waals surface area (Å²) < 4.78 is 6.78. The molecule has 4 heteroatoms. The summed E-state index contributed by atoms with van der Waals surface area (Å²) in [5.74, 6) is 1.42. The Morgan fingerprint density at radius 1 is 1.15 bits per heavy atom. The minimum absolute atomic E-state index is 0.629. The highest BCUT2D eigenvalue weighted by molar-refractivity contribution is 9.10. The van der Waals surface area contributed by atoms with E-state index in [1.807, 2.05) is 37.3 Å². The van der Waals surface area contributed by atoms with Gasteiger partial charge in [0.05, 0.1) is 0 Å². The van der Waals surface area contributed by atoms with E-state index in [2.05, 4.69) is 39.2 Å². The number of hydrogen-bond acceptors (Lipinski definition) is 3. The number of nitrogens with zero attached hydrogens (tertiary/aromatic N) is 1. The molecule has 0 amide bonds. The number of benzene rings is 1. The molecule has 3 nitrogen and oxygen atoms in total. The summed E-state index contributed by atoms with van der Waals surface area (Å²) in [5.41, 5.74) is 2.21. The number of ether oxygens (including phenoxy) is 1. The number of nitrogens with one attached hydrogen (secondary N) is 1. The monoisotopic (exact) mass is 334 g/mol. The number of halogens is 1. The minimum atomic E-state index is 0.629. The van der Waals surface area contributed by atoms with Crippen LogP contribution in [0.15, 0.2) is 40.9 Å². The van der Waals surface area contributed by atoms with Crippen LogP contribution in [0.1, 0.15) is 24.6 Å². The van der Waals surface area contributed by atoms with E-state index in [9.17, 15) is 0 Å². The predicted molar refractivity (Wildman–Crippen MR) is 85.2 cm³/mol. The van der Waals surface area contributed by atoms with Crippen LogP contribution >= 0.6 is 15.9 Å². The van der Waals surface area contributed by atoms with Crippen LogP contribution in [-0.4, -0.2) is 11.5 Å². The first kappa shape index (κ1) is 15.0. The maximum atomic E-state index is 5.74. The zero-order valence-electron chi connectivity index (χ0n) is 11.8. The molecule has 1 heterocycles. The maximum Gasteiger partial charge on any atom is 0.219 e. The topological polar surface area (TPSA) is 34.1 Å². The van der Waals surface area contributed by atoms with Crippen molar-refractivity contribution in [1.29, 1.82) is 0 Å². The van der Waals surface area contributed by atoms with Crippen LogP contribution in [0, 0.1) is 6.92 Å². The van der Waals surface area contributed by atoms with E-state index in [0.717, 1.165) is 35.4 Å². The van der Waals surface area contributed by atoms with Gasteiger partial charge in [0, 0.05) is 22.8 Å². The number of rotatable bonds is 6. The molecule has 0 saturated carbocycles. The zero-order chi connectivity index (χ0) is 14.4. The molecule has 1 aromatic carbocycles. The van der Waals surface area contributed by atoms with Gasteiger partial charge >= 0.3 is 0 Å². The van der Waals surface area contributed by atoms with Crippen molar-refractivity contribution in [3.05, 3.63) is 52.1 Å². The van der Waals surface area contributed by atoms with Gasteiger partial charge in [-0.2, -0.15) is 0 Å². The number of aryl methyl sites for hydroxylation is 1. The van der Waals surface area contributed by atoms with Crippen LogP contribution < -0.4 is 10.1 Å². The Morgan fingerprint density at radius 3 is 2.55 bits per heavy atom. The molecule has 106 valence electrons. The van der Waals surface area contributed by atoms with Gasteiger partial charge in [0.1, 0.15) is 5.75 Å². The lowest BCUT2D eigenvalue weighted by molar-refractivity contribution is 0.460. The molecule has 2 rings (SSSR count). The van der Waals surface area contributed by atoms with Crippen LogP contribution in [0.5, 0.6) is 11.6 Å². The lowest BCUT2D eigenvalue weighted by Gasteiger charge is -2.09. The second-order valence-corrected chi connectivity index (χ2v) is 5.54. The van der Waals surface area contributed by atoms with E-state index >= 15 is 0 Å². The molecule has 0 aliphatic rings. The fourth-order valence-electron chi connectivity index (χ4n) is 1.83. The van der Waals surface area contributed by atoms with Crippen molar-refractivity contribution in [3.63, 3.8) is 0 Å². The van der Waals surface area contributed by atoms with Crippen LogP contribution in [0.4, 0.5) is 0 Å².